The van der Waals surface area contributed by atoms with E-state index in [4.69, 9.17) is 0 Å². The maximum Gasteiger partial charge on any atom is 0.210 e. The predicted molar refractivity (Wildman–Crippen MR) is 60.3 cm³/mol. The van der Waals surface area contributed by atoms with Crippen LogP contribution in [0.5, 0.6) is 0 Å². The quantitative estimate of drug-likeness (QED) is 0.719. The van der Waals surface area contributed by atoms with Gasteiger partial charge in [0.05, 0.1) is 11.3 Å². The van der Waals surface area contributed by atoms with E-state index >= 15 is 0 Å². The molecule has 0 saturated heterocycles. The van der Waals surface area contributed by atoms with E-state index in [1.54, 1.807) is 27.0 Å². The van der Waals surface area contributed by atoms with E-state index < -0.39 is 0 Å². The van der Waals surface area contributed by atoms with Crippen LogP contribution in [0.4, 0.5) is 0 Å². The molecule has 0 fully saturated rings. The van der Waals surface area contributed by atoms with E-state index in [2.05, 4.69) is 11.7 Å². The van der Waals surface area contributed by atoms with Crippen molar-refractivity contribution < 1.29 is 9.59 Å². The Balaban J connectivity index is 2.81. The van der Waals surface area contributed by atoms with Gasteiger partial charge in [0.25, 0.3) is 0 Å². The minimum Gasteiger partial charge on any atom is -0.289 e. The predicted octanol–water partition coefficient (Wildman–Crippen LogP) is 1.78. The first kappa shape index (κ1) is 10.5. The summed E-state index contributed by atoms with van der Waals surface area (Å²) in [5.41, 5.74) is 2.19. The van der Waals surface area contributed by atoms with Gasteiger partial charge in [0.2, 0.25) is 5.78 Å². The van der Waals surface area contributed by atoms with Gasteiger partial charge in [0, 0.05) is 18.2 Å². The number of rotatable bonds is 1. The number of ketones is 2. The van der Waals surface area contributed by atoms with E-state index in [1.807, 2.05) is 0 Å². The molecule has 1 aliphatic rings. The van der Waals surface area contributed by atoms with Crippen LogP contribution < -0.4 is 0 Å². The van der Waals surface area contributed by atoms with E-state index in [0.717, 1.165) is 0 Å². The molecule has 0 saturated carbocycles. The lowest BCUT2D eigenvalue weighted by molar-refractivity contribution is 0.0972. The van der Waals surface area contributed by atoms with Gasteiger partial charge in [-0.3, -0.25) is 14.3 Å². The van der Waals surface area contributed by atoms with Crippen molar-refractivity contribution in [3.8, 4) is 0 Å². The Bertz CT molecular complexity index is 562. The molecule has 0 radical (unpaired) electrons. The highest BCUT2D eigenvalue weighted by Gasteiger charge is 2.33. The monoisotopic (exact) mass is 216 g/mol. The van der Waals surface area contributed by atoms with Crippen LogP contribution in [-0.4, -0.2) is 21.3 Å². The second kappa shape index (κ2) is 3.27. The van der Waals surface area contributed by atoms with E-state index in [0.29, 0.717) is 22.4 Å². The molecule has 0 amide bonds. The second-order valence-corrected chi connectivity index (χ2v) is 3.84. The molecule has 0 spiro atoms. The maximum atomic E-state index is 12.1. The van der Waals surface area contributed by atoms with Crippen molar-refractivity contribution in [2.45, 2.75) is 13.8 Å². The summed E-state index contributed by atoms with van der Waals surface area (Å²) < 4.78 is 1.51. The highest BCUT2D eigenvalue weighted by atomic mass is 16.1. The third kappa shape index (κ3) is 1.13. The third-order valence-corrected chi connectivity index (χ3v) is 2.97. The van der Waals surface area contributed by atoms with Crippen molar-refractivity contribution in [3.63, 3.8) is 0 Å². The molecule has 82 valence electrons. The number of nitrogens with zero attached hydrogens (tertiary/aromatic N) is 2. The Kier molecular flexibility index (Phi) is 2.15. The van der Waals surface area contributed by atoms with Gasteiger partial charge < -0.3 is 0 Å². The zero-order valence-corrected chi connectivity index (χ0v) is 9.50. The molecule has 2 rings (SSSR count). The number of aromatic nitrogens is 2. The number of allylic oxidation sites excluding steroid dienone is 2. The number of hydrogen-bond donors (Lipinski definition) is 0. The molecule has 0 aromatic carbocycles. The molecule has 1 aromatic heterocycles. The SMILES string of the molecule is C=Cc1c2c(nn1C)C(=O)C(C)=C(C)C2=O. The zero-order valence-electron chi connectivity index (χ0n) is 9.50. The zero-order chi connectivity index (χ0) is 12.0. The molecule has 0 aliphatic heterocycles. The normalized spacial score (nSPS) is 15.4. The summed E-state index contributed by atoms with van der Waals surface area (Å²) in [6.07, 6.45) is 1.55. The summed E-state index contributed by atoms with van der Waals surface area (Å²) in [5.74, 6) is -0.300. The Morgan fingerprint density at radius 1 is 1.19 bits per heavy atom. The first-order chi connectivity index (χ1) is 7.49. The summed E-state index contributed by atoms with van der Waals surface area (Å²) in [6.45, 7) is 6.95. The molecule has 1 heterocycles. The van der Waals surface area contributed by atoms with Gasteiger partial charge in [0.15, 0.2) is 5.78 Å². The van der Waals surface area contributed by atoms with Gasteiger partial charge in [-0.05, 0) is 19.9 Å². The summed E-state index contributed by atoms with van der Waals surface area (Å²) in [4.78, 5) is 24.0. The number of fused-ring (bicyclic) bond motifs is 1. The Morgan fingerprint density at radius 3 is 2.31 bits per heavy atom. The molecule has 0 bridgehead atoms. The van der Waals surface area contributed by atoms with E-state index in [9.17, 15) is 9.59 Å². The fraction of sp³-hybridized carbons (Fsp3) is 0.250. The largest absolute Gasteiger partial charge is 0.289 e. The lowest BCUT2D eigenvalue weighted by atomic mass is 9.88. The minimum atomic E-state index is -0.171. The van der Waals surface area contributed by atoms with Crippen molar-refractivity contribution >= 4 is 17.6 Å². The fourth-order valence-electron chi connectivity index (χ4n) is 1.86. The smallest absolute Gasteiger partial charge is 0.210 e. The molecular weight excluding hydrogens is 204 g/mol. The van der Waals surface area contributed by atoms with Crippen LogP contribution >= 0.6 is 0 Å². The molecule has 1 aromatic rings. The summed E-state index contributed by atoms with van der Waals surface area (Å²) in [7, 11) is 1.69. The second-order valence-electron chi connectivity index (χ2n) is 3.84. The van der Waals surface area contributed by atoms with Gasteiger partial charge >= 0.3 is 0 Å². The molecule has 4 heteroatoms. The van der Waals surface area contributed by atoms with Crippen molar-refractivity contribution in [2.75, 3.05) is 0 Å². The first-order valence-electron chi connectivity index (χ1n) is 4.95. The average molecular weight is 216 g/mol. The van der Waals surface area contributed by atoms with Crippen LogP contribution in [0, 0.1) is 0 Å². The van der Waals surface area contributed by atoms with Crippen molar-refractivity contribution in [1.29, 1.82) is 0 Å². The van der Waals surface area contributed by atoms with E-state index in [-0.39, 0.29) is 17.3 Å². The van der Waals surface area contributed by atoms with Crippen LogP contribution in [0.3, 0.4) is 0 Å². The number of hydrogen-bond acceptors (Lipinski definition) is 3. The Morgan fingerprint density at radius 2 is 1.75 bits per heavy atom. The highest BCUT2D eigenvalue weighted by molar-refractivity contribution is 6.26. The van der Waals surface area contributed by atoms with Crippen LogP contribution in [-0.2, 0) is 7.05 Å². The Hall–Kier alpha value is -1.97. The van der Waals surface area contributed by atoms with Crippen molar-refractivity contribution in [2.24, 2.45) is 7.05 Å². The molecule has 0 unspecified atom stereocenters. The summed E-state index contributed by atoms with van der Waals surface area (Å²) in [6, 6.07) is 0. The molecule has 1 aliphatic carbocycles. The van der Waals surface area contributed by atoms with Gasteiger partial charge in [0.1, 0.15) is 5.69 Å². The van der Waals surface area contributed by atoms with E-state index in [1.165, 1.54) is 4.68 Å². The number of carbonyl (C=O) groups excluding carboxylic acids is 2. The van der Waals surface area contributed by atoms with Crippen LogP contribution in [0.25, 0.3) is 6.08 Å². The maximum absolute atomic E-state index is 12.1. The molecule has 4 nitrogen and oxygen atoms in total. The van der Waals surface area contributed by atoms with Crippen molar-refractivity contribution in [3.05, 3.63) is 34.7 Å². The lowest BCUT2D eigenvalue weighted by Crippen LogP contribution is -2.19. The van der Waals surface area contributed by atoms with Crippen LogP contribution in [0.15, 0.2) is 17.7 Å². The van der Waals surface area contributed by atoms with Crippen molar-refractivity contribution in [1.82, 2.24) is 9.78 Å². The molecule has 0 N–H and O–H groups in total. The summed E-state index contributed by atoms with van der Waals surface area (Å²) in [5, 5.41) is 4.08. The average Bonchev–Trinajstić information content (AvgIpc) is 2.60. The van der Waals surface area contributed by atoms with Gasteiger partial charge in [-0.25, -0.2) is 0 Å². The topological polar surface area (TPSA) is 52.0 Å². The van der Waals surface area contributed by atoms with Crippen LogP contribution in [0.2, 0.25) is 0 Å². The molecule has 16 heavy (non-hydrogen) atoms. The Labute approximate surface area is 93.3 Å². The fourth-order valence-corrected chi connectivity index (χ4v) is 1.86. The number of carbonyl (C=O) groups is 2. The molecular formula is C12H12N2O2. The van der Waals surface area contributed by atoms with Crippen LogP contribution in [0.1, 0.15) is 40.4 Å². The minimum absolute atomic E-state index is 0.130. The number of aryl methyl sites for hydroxylation is 1. The van der Waals surface area contributed by atoms with Gasteiger partial charge in [-0.1, -0.05) is 6.58 Å². The lowest BCUT2D eigenvalue weighted by Gasteiger charge is -2.12. The third-order valence-electron chi connectivity index (χ3n) is 2.97. The first-order valence-corrected chi connectivity index (χ1v) is 4.95. The van der Waals surface area contributed by atoms with Gasteiger partial charge in [-0.2, -0.15) is 5.10 Å². The molecule has 0 atom stereocenters. The highest BCUT2D eigenvalue weighted by Crippen LogP contribution is 2.28. The van der Waals surface area contributed by atoms with Gasteiger partial charge in [-0.15, -0.1) is 0 Å². The standard InChI is InChI=1S/C12H12N2O2/c1-5-8-9-10(13-14(8)4)12(16)7(3)6(2)11(9)15/h5H,1H2,2-4H3. The summed E-state index contributed by atoms with van der Waals surface area (Å²) >= 11 is 0. The number of Topliss-reactive ketones (excluding diaryl/α,β-unsaturated/α-hetero) is 2.